The molecule has 0 aliphatic heterocycles. The zero-order valence-corrected chi connectivity index (χ0v) is 10.7. The molecule has 1 amide bonds. The van der Waals surface area contributed by atoms with Crippen LogP contribution in [0.5, 0.6) is 0 Å². The minimum Gasteiger partial charge on any atom is -0.390 e. The lowest BCUT2D eigenvalue weighted by atomic mass is 9.74. The average molecular weight is 245 g/mol. The normalized spacial score (nSPS) is 38.4. The highest BCUT2D eigenvalue weighted by molar-refractivity contribution is 5.78. The van der Waals surface area contributed by atoms with Crippen molar-refractivity contribution in [3.63, 3.8) is 0 Å². The Labute approximate surface area is 102 Å². The Hall–Kier alpha value is -0.650. The number of carbonyl (C=O) groups is 1. The molecule has 1 unspecified atom stereocenters. The zero-order chi connectivity index (χ0) is 13.2. The SMILES string of the molecule is CC[C@H]1CC(OC(C)C)[C@H](C(N)=O)[C@@H](O)[C@H]1O. The third-order valence-electron chi connectivity index (χ3n) is 3.44. The fourth-order valence-corrected chi connectivity index (χ4v) is 2.55. The first-order valence-corrected chi connectivity index (χ1v) is 6.19. The van der Waals surface area contributed by atoms with Crippen molar-refractivity contribution in [2.75, 3.05) is 0 Å². The van der Waals surface area contributed by atoms with Crippen LogP contribution in [-0.4, -0.2) is 40.5 Å². The molecule has 0 spiro atoms. The molecule has 5 heteroatoms. The highest BCUT2D eigenvalue weighted by Crippen LogP contribution is 2.34. The lowest BCUT2D eigenvalue weighted by Crippen LogP contribution is -2.55. The van der Waals surface area contributed by atoms with Crippen LogP contribution in [0.25, 0.3) is 0 Å². The minimum absolute atomic E-state index is 0.0400. The molecule has 17 heavy (non-hydrogen) atoms. The van der Waals surface area contributed by atoms with Crippen LogP contribution in [0.1, 0.15) is 33.6 Å². The molecule has 0 saturated heterocycles. The number of carbonyl (C=O) groups excluding carboxylic acids is 1. The predicted molar refractivity (Wildman–Crippen MR) is 63.1 cm³/mol. The molecule has 1 saturated carbocycles. The molecule has 4 N–H and O–H groups in total. The van der Waals surface area contributed by atoms with E-state index < -0.39 is 30.1 Å². The van der Waals surface area contributed by atoms with E-state index in [1.165, 1.54) is 0 Å². The Morgan fingerprint density at radius 3 is 2.41 bits per heavy atom. The van der Waals surface area contributed by atoms with Gasteiger partial charge in [-0.05, 0) is 26.2 Å². The van der Waals surface area contributed by atoms with E-state index in [2.05, 4.69) is 0 Å². The number of ether oxygens (including phenoxy) is 1. The van der Waals surface area contributed by atoms with Gasteiger partial charge in [0.2, 0.25) is 5.91 Å². The van der Waals surface area contributed by atoms with E-state index in [0.717, 1.165) is 6.42 Å². The Balaban J connectivity index is 2.86. The highest BCUT2D eigenvalue weighted by Gasteiger charge is 2.46. The molecule has 5 atom stereocenters. The van der Waals surface area contributed by atoms with E-state index in [1.807, 2.05) is 20.8 Å². The lowest BCUT2D eigenvalue weighted by Gasteiger charge is -2.41. The largest absolute Gasteiger partial charge is 0.390 e. The van der Waals surface area contributed by atoms with E-state index in [-0.39, 0.29) is 12.0 Å². The van der Waals surface area contributed by atoms with Crippen molar-refractivity contribution in [3.8, 4) is 0 Å². The standard InChI is InChI=1S/C12H23NO4/c1-4-7-5-8(17-6(2)3)9(12(13)16)11(15)10(7)14/h6-11,14-15H,4-5H2,1-3H3,(H2,13,16)/t7-,8?,9-,10-,11+/m0/s1. The second kappa shape index (κ2) is 5.80. The number of aliphatic hydroxyl groups excluding tert-OH is 2. The first-order valence-electron chi connectivity index (χ1n) is 6.19. The quantitative estimate of drug-likeness (QED) is 0.651. The topological polar surface area (TPSA) is 92.8 Å². The summed E-state index contributed by atoms with van der Waals surface area (Å²) in [5.41, 5.74) is 5.28. The first kappa shape index (κ1) is 14.4. The second-order valence-electron chi connectivity index (χ2n) is 5.04. The molecular formula is C12H23NO4. The molecule has 0 radical (unpaired) electrons. The summed E-state index contributed by atoms with van der Waals surface area (Å²) in [5, 5.41) is 19.9. The minimum atomic E-state index is -1.13. The van der Waals surface area contributed by atoms with E-state index >= 15 is 0 Å². The second-order valence-corrected chi connectivity index (χ2v) is 5.04. The summed E-state index contributed by atoms with van der Waals surface area (Å²) in [5.74, 6) is -1.49. The van der Waals surface area contributed by atoms with Crippen molar-refractivity contribution in [1.82, 2.24) is 0 Å². The predicted octanol–water partition coefficient (Wildman–Crippen LogP) is 0.0332. The summed E-state index contributed by atoms with van der Waals surface area (Å²) in [6.45, 7) is 5.68. The fourth-order valence-electron chi connectivity index (χ4n) is 2.55. The van der Waals surface area contributed by atoms with E-state index in [4.69, 9.17) is 10.5 Å². The number of rotatable bonds is 4. The van der Waals surface area contributed by atoms with Crippen LogP contribution in [0.15, 0.2) is 0 Å². The Kier molecular flexibility index (Phi) is 4.91. The maximum absolute atomic E-state index is 11.4. The monoisotopic (exact) mass is 245 g/mol. The maximum Gasteiger partial charge on any atom is 0.225 e. The van der Waals surface area contributed by atoms with Gasteiger partial charge in [0, 0.05) is 0 Å². The van der Waals surface area contributed by atoms with E-state index in [1.54, 1.807) is 0 Å². The number of nitrogens with two attached hydrogens (primary N) is 1. The molecule has 0 heterocycles. The molecule has 1 fully saturated rings. The fraction of sp³-hybridized carbons (Fsp3) is 0.917. The van der Waals surface area contributed by atoms with Crippen molar-refractivity contribution < 1.29 is 19.7 Å². The van der Waals surface area contributed by atoms with Crippen LogP contribution in [-0.2, 0) is 9.53 Å². The Morgan fingerprint density at radius 1 is 1.41 bits per heavy atom. The van der Waals surface area contributed by atoms with Gasteiger partial charge in [-0.25, -0.2) is 0 Å². The van der Waals surface area contributed by atoms with Gasteiger partial charge >= 0.3 is 0 Å². The summed E-state index contributed by atoms with van der Waals surface area (Å²) in [6.07, 6.45) is -1.18. The van der Waals surface area contributed by atoms with Gasteiger partial charge in [-0.15, -0.1) is 0 Å². The van der Waals surface area contributed by atoms with Crippen molar-refractivity contribution in [2.45, 2.75) is 58.0 Å². The van der Waals surface area contributed by atoms with Crippen molar-refractivity contribution in [1.29, 1.82) is 0 Å². The van der Waals surface area contributed by atoms with E-state index in [0.29, 0.717) is 6.42 Å². The van der Waals surface area contributed by atoms with Crippen LogP contribution in [0.3, 0.4) is 0 Å². The van der Waals surface area contributed by atoms with Crippen molar-refractivity contribution >= 4 is 5.91 Å². The average Bonchev–Trinajstić information content (AvgIpc) is 2.21. The molecule has 1 aliphatic carbocycles. The van der Waals surface area contributed by atoms with Crippen LogP contribution in [0.4, 0.5) is 0 Å². The highest BCUT2D eigenvalue weighted by atomic mass is 16.5. The summed E-state index contributed by atoms with van der Waals surface area (Å²) in [7, 11) is 0. The third-order valence-corrected chi connectivity index (χ3v) is 3.44. The Bertz CT molecular complexity index is 269. The van der Waals surface area contributed by atoms with Crippen molar-refractivity contribution in [3.05, 3.63) is 0 Å². The van der Waals surface area contributed by atoms with Gasteiger partial charge in [0.15, 0.2) is 0 Å². The number of hydrogen-bond acceptors (Lipinski definition) is 4. The van der Waals surface area contributed by atoms with Crippen LogP contribution in [0, 0.1) is 11.8 Å². The lowest BCUT2D eigenvalue weighted by molar-refractivity contribution is -0.166. The van der Waals surface area contributed by atoms with Gasteiger partial charge in [0.05, 0.1) is 30.3 Å². The number of primary amides is 1. The van der Waals surface area contributed by atoms with Crippen LogP contribution in [0.2, 0.25) is 0 Å². The summed E-state index contributed by atoms with van der Waals surface area (Å²) >= 11 is 0. The molecule has 1 rings (SSSR count). The third kappa shape index (κ3) is 3.18. The molecule has 1 aliphatic rings. The summed E-state index contributed by atoms with van der Waals surface area (Å²) < 4.78 is 5.64. The smallest absolute Gasteiger partial charge is 0.225 e. The van der Waals surface area contributed by atoms with Gasteiger partial charge < -0.3 is 20.7 Å². The summed E-state index contributed by atoms with van der Waals surface area (Å²) in [6, 6.07) is 0. The molecule has 5 nitrogen and oxygen atoms in total. The van der Waals surface area contributed by atoms with Gasteiger partial charge in [0.25, 0.3) is 0 Å². The number of amides is 1. The molecule has 0 aromatic carbocycles. The molecular weight excluding hydrogens is 222 g/mol. The van der Waals surface area contributed by atoms with Crippen LogP contribution < -0.4 is 5.73 Å². The van der Waals surface area contributed by atoms with Gasteiger partial charge in [0.1, 0.15) is 0 Å². The van der Waals surface area contributed by atoms with Gasteiger partial charge in [-0.1, -0.05) is 13.3 Å². The summed E-state index contributed by atoms with van der Waals surface area (Å²) in [4.78, 5) is 11.4. The van der Waals surface area contributed by atoms with Gasteiger partial charge in [-0.3, -0.25) is 4.79 Å². The maximum atomic E-state index is 11.4. The zero-order valence-electron chi connectivity index (χ0n) is 10.7. The molecule has 0 bridgehead atoms. The van der Waals surface area contributed by atoms with Crippen LogP contribution >= 0.6 is 0 Å². The first-order chi connectivity index (χ1) is 7.88. The number of hydrogen-bond donors (Lipinski definition) is 3. The molecule has 0 aromatic rings. The van der Waals surface area contributed by atoms with Gasteiger partial charge in [-0.2, -0.15) is 0 Å². The molecule has 100 valence electrons. The van der Waals surface area contributed by atoms with Crippen molar-refractivity contribution in [2.24, 2.45) is 17.6 Å². The number of aliphatic hydroxyl groups is 2. The van der Waals surface area contributed by atoms with E-state index in [9.17, 15) is 15.0 Å². The Morgan fingerprint density at radius 2 is 2.00 bits per heavy atom. The molecule has 0 aromatic heterocycles.